The summed E-state index contributed by atoms with van der Waals surface area (Å²) in [6.45, 7) is 6.77. The molecule has 0 saturated heterocycles. The Hall–Kier alpha value is 0.708. The standard InChI is InChI=1S/C12H34O4Si4/c1-5-7-8-9-10-11-20(4,12(6-2)13-3)16-19-15-18-14-17/h12H,5-11,18-19H2,1-4,17H3. The zero-order valence-electron chi connectivity index (χ0n) is 14.1. The quantitative estimate of drug-likeness (QED) is 0.342. The summed E-state index contributed by atoms with van der Waals surface area (Å²) < 4.78 is 22.8. The van der Waals surface area contributed by atoms with Crippen LogP contribution >= 0.6 is 0 Å². The van der Waals surface area contributed by atoms with Crippen molar-refractivity contribution in [2.24, 2.45) is 0 Å². The molecule has 0 amide bonds. The first-order valence-corrected chi connectivity index (χ1v) is 13.7. The summed E-state index contributed by atoms with van der Waals surface area (Å²) in [6.07, 6.45) is 7.62. The fourth-order valence-corrected chi connectivity index (χ4v) is 11.1. The van der Waals surface area contributed by atoms with Crippen molar-refractivity contribution < 1.29 is 17.1 Å². The highest BCUT2D eigenvalue weighted by molar-refractivity contribution is 6.77. The fourth-order valence-electron chi connectivity index (χ4n) is 2.55. The first kappa shape index (κ1) is 20.7. The van der Waals surface area contributed by atoms with Gasteiger partial charge in [-0.15, -0.1) is 0 Å². The molecule has 2 atom stereocenters. The topological polar surface area (TPSA) is 36.9 Å². The SMILES string of the molecule is CCCCCCC[Si](C)(O[SiH2]O[SiH2]O[SiH3])C(CC)OC. The van der Waals surface area contributed by atoms with E-state index in [9.17, 15) is 0 Å². The number of hydrogen-bond donors (Lipinski definition) is 0. The van der Waals surface area contributed by atoms with Gasteiger partial charge < -0.3 is 17.1 Å². The van der Waals surface area contributed by atoms with Gasteiger partial charge in [-0.3, -0.25) is 0 Å². The van der Waals surface area contributed by atoms with E-state index in [0.717, 1.165) is 16.9 Å². The van der Waals surface area contributed by atoms with Crippen molar-refractivity contribution in [1.29, 1.82) is 0 Å². The molecule has 0 spiro atoms. The zero-order chi connectivity index (χ0) is 15.3. The summed E-state index contributed by atoms with van der Waals surface area (Å²) in [4.78, 5) is 0. The minimum Gasteiger partial charge on any atom is -0.449 e. The summed E-state index contributed by atoms with van der Waals surface area (Å²) >= 11 is 0. The van der Waals surface area contributed by atoms with Gasteiger partial charge >= 0.3 is 0 Å². The first-order chi connectivity index (χ1) is 9.64. The van der Waals surface area contributed by atoms with Gasteiger partial charge in [-0.25, -0.2) is 0 Å². The molecule has 0 N–H and O–H groups in total. The molecule has 0 rings (SSSR count). The highest BCUT2D eigenvalue weighted by atomic mass is 28.4. The molecule has 0 radical (unpaired) electrons. The van der Waals surface area contributed by atoms with Gasteiger partial charge in [0.1, 0.15) is 10.5 Å². The van der Waals surface area contributed by atoms with E-state index in [2.05, 4.69) is 20.4 Å². The molecule has 0 aromatic carbocycles. The van der Waals surface area contributed by atoms with Crippen LogP contribution in [0, 0.1) is 0 Å². The Bertz CT molecular complexity index is 220. The second-order valence-electron chi connectivity index (χ2n) is 5.48. The fraction of sp³-hybridized carbons (Fsp3) is 1.00. The average Bonchev–Trinajstić information content (AvgIpc) is 2.45. The maximum atomic E-state index is 6.28. The lowest BCUT2D eigenvalue weighted by Crippen LogP contribution is -2.49. The zero-order valence-corrected chi connectivity index (χ0v) is 19.9. The van der Waals surface area contributed by atoms with Gasteiger partial charge in [-0.1, -0.05) is 46.0 Å². The van der Waals surface area contributed by atoms with Crippen molar-refractivity contribution >= 4 is 38.8 Å². The summed E-state index contributed by atoms with van der Waals surface area (Å²) in [7, 11) is -0.797. The second kappa shape index (κ2) is 13.4. The molecule has 0 fully saturated rings. The van der Waals surface area contributed by atoms with Crippen LogP contribution in [-0.2, 0) is 17.1 Å². The van der Waals surface area contributed by atoms with E-state index in [1.165, 1.54) is 38.1 Å². The minimum absolute atomic E-state index is 0.295. The Morgan fingerprint density at radius 3 is 2.35 bits per heavy atom. The maximum Gasteiger partial charge on any atom is 0.285 e. The predicted octanol–water partition coefficient (Wildman–Crippen LogP) is 0.824. The molecule has 0 heterocycles. The van der Waals surface area contributed by atoms with Crippen LogP contribution in [0.3, 0.4) is 0 Å². The molecule has 8 heteroatoms. The molecular weight excluding hydrogens is 320 g/mol. The van der Waals surface area contributed by atoms with Crippen molar-refractivity contribution in [1.82, 2.24) is 0 Å². The Morgan fingerprint density at radius 1 is 1.10 bits per heavy atom. The molecule has 122 valence electrons. The van der Waals surface area contributed by atoms with Crippen molar-refractivity contribution in [3.8, 4) is 0 Å². The lowest BCUT2D eigenvalue weighted by molar-refractivity contribution is 0.140. The van der Waals surface area contributed by atoms with E-state index in [0.29, 0.717) is 5.73 Å². The molecule has 0 saturated carbocycles. The highest BCUT2D eigenvalue weighted by Crippen LogP contribution is 2.24. The van der Waals surface area contributed by atoms with E-state index in [4.69, 9.17) is 17.1 Å². The third-order valence-corrected chi connectivity index (χ3v) is 12.5. The van der Waals surface area contributed by atoms with Crippen molar-refractivity contribution in [3.63, 3.8) is 0 Å². The van der Waals surface area contributed by atoms with E-state index < -0.39 is 28.3 Å². The van der Waals surface area contributed by atoms with Crippen LogP contribution in [-0.4, -0.2) is 51.7 Å². The largest absolute Gasteiger partial charge is 0.449 e. The lowest BCUT2D eigenvalue weighted by atomic mass is 10.2. The Kier molecular flexibility index (Phi) is 13.8. The normalized spacial score (nSPS) is 17.4. The number of unbranched alkanes of at least 4 members (excludes halogenated alkanes) is 4. The maximum absolute atomic E-state index is 6.28. The van der Waals surface area contributed by atoms with Gasteiger partial charge in [-0.05, 0) is 19.0 Å². The second-order valence-corrected chi connectivity index (χ2v) is 14.8. The molecule has 2 unspecified atom stereocenters. The number of ether oxygens (including phenoxy) is 1. The van der Waals surface area contributed by atoms with Gasteiger partial charge in [0.2, 0.25) is 8.32 Å². The average molecular weight is 355 g/mol. The molecule has 4 nitrogen and oxygen atoms in total. The molecule has 20 heavy (non-hydrogen) atoms. The van der Waals surface area contributed by atoms with Crippen LogP contribution in [0.4, 0.5) is 0 Å². The Morgan fingerprint density at radius 2 is 1.80 bits per heavy atom. The monoisotopic (exact) mass is 354 g/mol. The van der Waals surface area contributed by atoms with E-state index in [1.807, 2.05) is 7.11 Å². The van der Waals surface area contributed by atoms with Crippen LogP contribution in [0.5, 0.6) is 0 Å². The third kappa shape index (κ3) is 8.88. The predicted molar refractivity (Wildman–Crippen MR) is 96.6 cm³/mol. The molecule has 0 aliphatic heterocycles. The van der Waals surface area contributed by atoms with Crippen molar-refractivity contribution in [2.75, 3.05) is 7.11 Å². The Labute approximate surface area is 134 Å². The lowest BCUT2D eigenvalue weighted by Gasteiger charge is -2.34. The molecular formula is C12H34O4Si4. The summed E-state index contributed by atoms with van der Waals surface area (Å²) in [5.74, 6) is 0. The summed E-state index contributed by atoms with van der Waals surface area (Å²) in [6, 6.07) is 1.20. The van der Waals surface area contributed by atoms with Gasteiger partial charge in [0.05, 0.1) is 5.73 Å². The third-order valence-electron chi connectivity index (χ3n) is 3.79. The summed E-state index contributed by atoms with van der Waals surface area (Å²) in [5.41, 5.74) is 0.295. The smallest absolute Gasteiger partial charge is 0.285 e. The van der Waals surface area contributed by atoms with Gasteiger partial charge in [0.15, 0.2) is 0 Å². The van der Waals surface area contributed by atoms with Gasteiger partial charge in [0.25, 0.3) is 20.0 Å². The molecule has 0 aliphatic carbocycles. The minimum atomic E-state index is -1.80. The van der Waals surface area contributed by atoms with Crippen molar-refractivity contribution in [3.05, 3.63) is 0 Å². The van der Waals surface area contributed by atoms with E-state index in [1.54, 1.807) is 0 Å². The number of methoxy groups -OCH3 is 1. The number of hydrogen-bond acceptors (Lipinski definition) is 4. The first-order valence-electron chi connectivity index (χ1n) is 7.88. The Balaban J connectivity index is 4.22. The van der Waals surface area contributed by atoms with E-state index in [-0.39, 0.29) is 0 Å². The highest BCUT2D eigenvalue weighted by Gasteiger charge is 2.37. The van der Waals surface area contributed by atoms with Crippen LogP contribution in [0.25, 0.3) is 0 Å². The van der Waals surface area contributed by atoms with Gasteiger partial charge in [0, 0.05) is 7.11 Å². The van der Waals surface area contributed by atoms with Crippen LogP contribution in [0.2, 0.25) is 12.6 Å². The molecule has 0 bridgehead atoms. The molecule has 0 aromatic rings. The summed E-state index contributed by atoms with van der Waals surface area (Å²) in [5, 5.41) is 0. The number of rotatable bonds is 14. The van der Waals surface area contributed by atoms with Crippen LogP contribution in [0.1, 0.15) is 52.4 Å². The van der Waals surface area contributed by atoms with Crippen LogP contribution < -0.4 is 0 Å². The molecule has 0 aliphatic rings. The van der Waals surface area contributed by atoms with Gasteiger partial charge in [-0.2, -0.15) is 0 Å². The van der Waals surface area contributed by atoms with Crippen LogP contribution in [0.15, 0.2) is 0 Å². The van der Waals surface area contributed by atoms with Crippen molar-refractivity contribution in [2.45, 2.75) is 70.7 Å². The molecule has 0 aromatic heterocycles. The van der Waals surface area contributed by atoms with E-state index >= 15 is 0 Å².